The lowest BCUT2D eigenvalue weighted by molar-refractivity contribution is -0.216. The van der Waals surface area contributed by atoms with Crippen molar-refractivity contribution < 1.29 is 23.0 Å². The van der Waals surface area contributed by atoms with Crippen LogP contribution in [0.3, 0.4) is 0 Å². The number of ether oxygens (including phenoxy) is 2. The predicted molar refractivity (Wildman–Crippen MR) is 62.9 cm³/mol. The minimum atomic E-state index is -3.97. The van der Waals surface area contributed by atoms with Crippen molar-refractivity contribution in [2.75, 3.05) is 6.61 Å². The molecule has 5 heteroatoms. The monoisotopic (exact) mass is 258 g/mol. The number of hydrogen-bond acceptors (Lipinski definition) is 3. The highest BCUT2D eigenvalue weighted by atomic mass is 19.3. The summed E-state index contributed by atoms with van der Waals surface area (Å²) >= 11 is 0. The number of halogens is 2. The van der Waals surface area contributed by atoms with Gasteiger partial charge in [-0.25, -0.2) is 4.79 Å². The maximum atomic E-state index is 13.4. The fourth-order valence-electron chi connectivity index (χ4n) is 1.50. The van der Waals surface area contributed by atoms with E-state index in [0.717, 1.165) is 11.1 Å². The third-order valence-corrected chi connectivity index (χ3v) is 2.52. The van der Waals surface area contributed by atoms with Gasteiger partial charge in [-0.15, -0.1) is 0 Å². The van der Waals surface area contributed by atoms with Gasteiger partial charge in [0, 0.05) is 0 Å². The molecule has 0 saturated heterocycles. The molecule has 0 aliphatic carbocycles. The lowest BCUT2D eigenvalue weighted by Crippen LogP contribution is -2.37. The molecule has 0 fully saturated rings. The predicted octanol–water partition coefficient (Wildman–Crippen LogP) is 3.15. The zero-order chi connectivity index (χ0) is 13.9. The lowest BCUT2D eigenvalue weighted by atomic mass is 10.1. The summed E-state index contributed by atoms with van der Waals surface area (Å²) in [6.07, 6.45) is -3.97. The van der Waals surface area contributed by atoms with Crippen molar-refractivity contribution in [3.05, 3.63) is 28.8 Å². The van der Waals surface area contributed by atoms with Crippen molar-refractivity contribution in [3.8, 4) is 5.75 Å². The van der Waals surface area contributed by atoms with Crippen LogP contribution in [0.15, 0.2) is 12.1 Å². The molecule has 18 heavy (non-hydrogen) atoms. The molecule has 1 rings (SSSR count). The van der Waals surface area contributed by atoms with Crippen LogP contribution in [-0.4, -0.2) is 18.7 Å². The average Bonchev–Trinajstić information content (AvgIpc) is 2.25. The normalized spacial score (nSPS) is 11.2. The number of alkyl halides is 2. The van der Waals surface area contributed by atoms with Gasteiger partial charge in [0.15, 0.2) is 0 Å². The van der Waals surface area contributed by atoms with Crippen molar-refractivity contribution in [2.45, 2.75) is 33.8 Å². The van der Waals surface area contributed by atoms with E-state index >= 15 is 0 Å². The minimum absolute atomic E-state index is 0.00875. The summed E-state index contributed by atoms with van der Waals surface area (Å²) < 4.78 is 35.6. The highest BCUT2D eigenvalue weighted by Crippen LogP contribution is 2.29. The highest BCUT2D eigenvalue weighted by Gasteiger charge is 2.44. The molecule has 100 valence electrons. The quantitative estimate of drug-likeness (QED) is 0.778. The van der Waals surface area contributed by atoms with E-state index in [1.54, 1.807) is 20.8 Å². The van der Waals surface area contributed by atoms with Crippen LogP contribution in [0.4, 0.5) is 8.78 Å². The van der Waals surface area contributed by atoms with Crippen LogP contribution in [0.1, 0.15) is 23.6 Å². The number of rotatable bonds is 4. The topological polar surface area (TPSA) is 35.5 Å². The number of hydrogen-bond donors (Lipinski definition) is 0. The average molecular weight is 258 g/mol. The molecule has 0 radical (unpaired) electrons. The third-order valence-electron chi connectivity index (χ3n) is 2.52. The molecule has 0 heterocycles. The second kappa shape index (κ2) is 5.33. The van der Waals surface area contributed by atoms with E-state index in [9.17, 15) is 13.6 Å². The van der Waals surface area contributed by atoms with E-state index in [1.165, 1.54) is 13.0 Å². The molecule has 1 aromatic rings. The fraction of sp³-hybridized carbons (Fsp3) is 0.462. The van der Waals surface area contributed by atoms with Crippen LogP contribution >= 0.6 is 0 Å². The molecule has 1 aromatic carbocycles. The summed E-state index contributed by atoms with van der Waals surface area (Å²) in [5.74, 6) is -1.69. The Morgan fingerprint density at radius 3 is 2.44 bits per heavy atom. The second-order valence-corrected chi connectivity index (χ2v) is 4.04. The Hall–Kier alpha value is -1.65. The van der Waals surface area contributed by atoms with Crippen molar-refractivity contribution >= 4 is 5.97 Å². The smallest absolute Gasteiger partial charge is 0.459 e. The van der Waals surface area contributed by atoms with Gasteiger partial charge in [-0.2, -0.15) is 8.78 Å². The van der Waals surface area contributed by atoms with Crippen LogP contribution in [0.2, 0.25) is 0 Å². The minimum Gasteiger partial charge on any atom is -0.459 e. The SMILES string of the molecule is CCOC(=O)C(F)(F)Oc1cc(C)cc(C)c1C. The molecular formula is C13H16F2O3. The molecule has 0 unspecified atom stereocenters. The summed E-state index contributed by atoms with van der Waals surface area (Å²) in [4.78, 5) is 11.1. The van der Waals surface area contributed by atoms with Gasteiger partial charge in [0.05, 0.1) is 6.61 Å². The van der Waals surface area contributed by atoms with Gasteiger partial charge >= 0.3 is 12.1 Å². The Bertz CT molecular complexity index is 456. The first-order valence-electron chi connectivity index (χ1n) is 5.59. The summed E-state index contributed by atoms with van der Waals surface area (Å²) in [5.41, 5.74) is 2.18. The summed E-state index contributed by atoms with van der Waals surface area (Å²) in [6.45, 7) is 6.55. The summed E-state index contributed by atoms with van der Waals surface area (Å²) in [6, 6.07) is 3.32. The van der Waals surface area contributed by atoms with Gasteiger partial charge in [-0.05, 0) is 50.5 Å². The van der Waals surface area contributed by atoms with Gasteiger partial charge in [-0.1, -0.05) is 6.07 Å². The van der Waals surface area contributed by atoms with Crippen molar-refractivity contribution in [2.24, 2.45) is 0 Å². The molecular weight excluding hydrogens is 242 g/mol. The third kappa shape index (κ3) is 3.18. The van der Waals surface area contributed by atoms with E-state index < -0.39 is 12.1 Å². The summed E-state index contributed by atoms with van der Waals surface area (Å²) in [5, 5.41) is 0. The van der Waals surface area contributed by atoms with Gasteiger partial charge < -0.3 is 9.47 Å². The largest absolute Gasteiger partial charge is 0.502 e. The summed E-state index contributed by atoms with van der Waals surface area (Å²) in [7, 11) is 0. The molecule has 3 nitrogen and oxygen atoms in total. The van der Waals surface area contributed by atoms with E-state index in [1.807, 2.05) is 6.07 Å². The van der Waals surface area contributed by atoms with Crippen LogP contribution in [0.25, 0.3) is 0 Å². The van der Waals surface area contributed by atoms with Gasteiger partial charge in [0.2, 0.25) is 0 Å². The maximum absolute atomic E-state index is 13.4. The number of carbonyl (C=O) groups is 1. The fourth-order valence-corrected chi connectivity index (χ4v) is 1.50. The zero-order valence-corrected chi connectivity index (χ0v) is 10.8. The Balaban J connectivity index is 3.00. The number of benzene rings is 1. The van der Waals surface area contributed by atoms with Gasteiger partial charge in [-0.3, -0.25) is 0 Å². The first-order valence-corrected chi connectivity index (χ1v) is 5.59. The molecule has 0 atom stereocenters. The number of aryl methyl sites for hydroxylation is 2. The maximum Gasteiger partial charge on any atom is 0.502 e. The molecule has 0 aromatic heterocycles. The van der Waals surface area contributed by atoms with Crippen molar-refractivity contribution in [3.63, 3.8) is 0 Å². The molecule has 0 bridgehead atoms. The van der Waals surface area contributed by atoms with Crippen LogP contribution in [0, 0.1) is 20.8 Å². The van der Waals surface area contributed by atoms with Crippen LogP contribution in [0.5, 0.6) is 5.75 Å². The lowest BCUT2D eigenvalue weighted by Gasteiger charge is -2.18. The Morgan fingerprint density at radius 2 is 1.89 bits per heavy atom. The Labute approximate surface area is 105 Å². The van der Waals surface area contributed by atoms with Gasteiger partial charge in [0.1, 0.15) is 5.75 Å². The van der Waals surface area contributed by atoms with Gasteiger partial charge in [0.25, 0.3) is 0 Å². The van der Waals surface area contributed by atoms with Crippen molar-refractivity contribution in [1.82, 2.24) is 0 Å². The van der Waals surface area contributed by atoms with Crippen LogP contribution in [-0.2, 0) is 9.53 Å². The molecule has 0 spiro atoms. The Kier molecular flexibility index (Phi) is 4.27. The van der Waals surface area contributed by atoms with E-state index in [0.29, 0.717) is 5.56 Å². The second-order valence-electron chi connectivity index (χ2n) is 4.04. The molecule has 0 amide bonds. The molecule has 0 saturated carbocycles. The molecule has 0 aliphatic rings. The highest BCUT2D eigenvalue weighted by molar-refractivity contribution is 5.76. The first kappa shape index (κ1) is 14.4. The number of carbonyl (C=O) groups excluding carboxylic acids is 1. The first-order chi connectivity index (χ1) is 8.27. The molecule has 0 N–H and O–H groups in total. The molecule has 0 aliphatic heterocycles. The van der Waals surface area contributed by atoms with Crippen molar-refractivity contribution in [1.29, 1.82) is 0 Å². The van der Waals surface area contributed by atoms with E-state index in [4.69, 9.17) is 0 Å². The van der Waals surface area contributed by atoms with Crippen LogP contribution < -0.4 is 4.74 Å². The zero-order valence-electron chi connectivity index (χ0n) is 10.8. The Morgan fingerprint density at radius 1 is 1.28 bits per heavy atom. The number of esters is 1. The standard InChI is InChI=1S/C13H16F2O3/c1-5-17-12(16)13(14,15)18-11-7-8(2)6-9(3)10(11)4/h6-7H,5H2,1-4H3. The van der Waals surface area contributed by atoms with E-state index in [-0.39, 0.29) is 12.4 Å². The van der Waals surface area contributed by atoms with E-state index in [2.05, 4.69) is 9.47 Å².